The Labute approximate surface area is 115 Å². The number of nitrogens with one attached hydrogen (secondary N) is 1. The van der Waals surface area contributed by atoms with Crippen molar-refractivity contribution in [2.24, 2.45) is 11.8 Å². The molecular weight excluding hydrogens is 277 g/mol. The molecule has 19 heavy (non-hydrogen) atoms. The first-order valence-electron chi connectivity index (χ1n) is 6.69. The van der Waals surface area contributed by atoms with Crippen LogP contribution in [0.2, 0.25) is 0 Å². The van der Waals surface area contributed by atoms with E-state index in [1.165, 1.54) is 0 Å². The minimum atomic E-state index is -4.18. The summed E-state index contributed by atoms with van der Waals surface area (Å²) in [5.41, 5.74) is 2.17. The molecule has 0 amide bonds. The van der Waals surface area contributed by atoms with Gasteiger partial charge in [-0.1, -0.05) is 0 Å². The molecule has 0 saturated carbocycles. The number of thioether (sulfide) groups is 1. The van der Waals surface area contributed by atoms with Crippen molar-refractivity contribution in [1.82, 2.24) is 5.43 Å². The highest BCUT2D eigenvalue weighted by Crippen LogP contribution is 2.41. The van der Waals surface area contributed by atoms with Gasteiger partial charge in [-0.3, -0.25) is 11.3 Å². The lowest BCUT2D eigenvalue weighted by atomic mass is 9.78. The fourth-order valence-electron chi connectivity index (χ4n) is 3.11. The molecular formula is C12H21F3N2OS. The summed E-state index contributed by atoms with van der Waals surface area (Å²) >= 11 is 1.89. The average Bonchev–Trinajstić information content (AvgIpc) is 2.36. The lowest BCUT2D eigenvalue weighted by molar-refractivity contribution is -0.153. The summed E-state index contributed by atoms with van der Waals surface area (Å²) in [6.45, 7) is 0.547. The van der Waals surface area contributed by atoms with E-state index in [0.29, 0.717) is 19.4 Å². The molecule has 0 aromatic carbocycles. The van der Waals surface area contributed by atoms with Crippen molar-refractivity contribution < 1.29 is 17.9 Å². The molecule has 3 N–H and O–H groups in total. The fourth-order valence-corrected chi connectivity index (χ4v) is 4.35. The lowest BCUT2D eigenvalue weighted by Gasteiger charge is -2.45. The number of nitrogens with two attached hydrogens (primary N) is 1. The van der Waals surface area contributed by atoms with Gasteiger partial charge in [0.15, 0.2) is 0 Å². The molecule has 0 radical (unpaired) electrons. The van der Waals surface area contributed by atoms with E-state index in [4.69, 9.17) is 10.6 Å². The van der Waals surface area contributed by atoms with Crippen molar-refractivity contribution in [3.05, 3.63) is 0 Å². The van der Waals surface area contributed by atoms with Crippen LogP contribution in [-0.4, -0.2) is 35.9 Å². The Bertz CT molecular complexity index is 290. The normalized spacial score (nSPS) is 29.4. The van der Waals surface area contributed by atoms with Gasteiger partial charge in [-0.15, -0.1) is 0 Å². The van der Waals surface area contributed by atoms with E-state index in [0.717, 1.165) is 24.3 Å². The number of rotatable bonds is 3. The maximum Gasteiger partial charge on any atom is 0.390 e. The Hall–Kier alpha value is 0.0200. The van der Waals surface area contributed by atoms with Gasteiger partial charge in [0.25, 0.3) is 0 Å². The molecule has 1 spiro atoms. The first-order chi connectivity index (χ1) is 8.94. The van der Waals surface area contributed by atoms with Crippen LogP contribution < -0.4 is 11.3 Å². The molecule has 7 heteroatoms. The van der Waals surface area contributed by atoms with Gasteiger partial charge in [-0.05, 0) is 43.1 Å². The summed E-state index contributed by atoms with van der Waals surface area (Å²) in [7, 11) is 0. The van der Waals surface area contributed by atoms with Crippen LogP contribution in [0, 0.1) is 5.92 Å². The van der Waals surface area contributed by atoms with Crippen LogP contribution in [0.5, 0.6) is 0 Å². The van der Waals surface area contributed by atoms with Crippen LogP contribution in [0.1, 0.15) is 32.1 Å². The van der Waals surface area contributed by atoms with Crippen LogP contribution >= 0.6 is 11.8 Å². The SMILES string of the molecule is NNC(CC(F)(F)F)C1CCOC2(CCSCC2)C1. The lowest BCUT2D eigenvalue weighted by Crippen LogP contribution is -2.51. The van der Waals surface area contributed by atoms with E-state index in [1.807, 2.05) is 11.8 Å². The Morgan fingerprint density at radius 2 is 2.05 bits per heavy atom. The summed E-state index contributed by atoms with van der Waals surface area (Å²) in [5.74, 6) is 7.35. The van der Waals surface area contributed by atoms with Crippen molar-refractivity contribution in [1.29, 1.82) is 0 Å². The molecule has 2 saturated heterocycles. The fraction of sp³-hybridized carbons (Fsp3) is 1.00. The van der Waals surface area contributed by atoms with Crippen molar-refractivity contribution in [3.8, 4) is 0 Å². The van der Waals surface area contributed by atoms with Gasteiger partial charge in [0, 0.05) is 12.6 Å². The first kappa shape index (κ1) is 15.4. The Kier molecular flexibility index (Phi) is 5.03. The third-order valence-electron chi connectivity index (χ3n) is 4.17. The molecule has 2 rings (SSSR count). The van der Waals surface area contributed by atoms with Crippen molar-refractivity contribution in [2.75, 3.05) is 18.1 Å². The number of hydrazine groups is 1. The van der Waals surface area contributed by atoms with Crippen LogP contribution in [0.25, 0.3) is 0 Å². The summed E-state index contributed by atoms with van der Waals surface area (Å²) in [4.78, 5) is 0. The maximum absolute atomic E-state index is 12.6. The van der Waals surface area contributed by atoms with Gasteiger partial charge in [0.2, 0.25) is 0 Å². The van der Waals surface area contributed by atoms with Gasteiger partial charge in [0.1, 0.15) is 0 Å². The molecule has 3 nitrogen and oxygen atoms in total. The second-order valence-corrected chi connectivity index (χ2v) is 6.71. The molecule has 0 aliphatic carbocycles. The smallest absolute Gasteiger partial charge is 0.375 e. The Balaban J connectivity index is 1.98. The Morgan fingerprint density at radius 3 is 2.63 bits per heavy atom. The minimum Gasteiger partial charge on any atom is -0.375 e. The third kappa shape index (κ3) is 4.24. The molecule has 2 unspecified atom stereocenters. The quantitative estimate of drug-likeness (QED) is 0.621. The number of halogens is 3. The molecule has 112 valence electrons. The van der Waals surface area contributed by atoms with Crippen molar-refractivity contribution in [2.45, 2.75) is 49.9 Å². The third-order valence-corrected chi connectivity index (χ3v) is 5.16. The monoisotopic (exact) mass is 298 g/mol. The van der Waals surface area contributed by atoms with Gasteiger partial charge >= 0.3 is 6.18 Å². The summed E-state index contributed by atoms with van der Waals surface area (Å²) in [6.07, 6.45) is -1.81. The van der Waals surface area contributed by atoms with Crippen LogP contribution in [0.15, 0.2) is 0 Å². The molecule has 2 aliphatic heterocycles. The molecule has 0 bridgehead atoms. The number of alkyl halides is 3. The van der Waals surface area contributed by atoms with E-state index in [9.17, 15) is 13.2 Å². The highest BCUT2D eigenvalue weighted by Gasteiger charge is 2.43. The summed E-state index contributed by atoms with van der Waals surface area (Å²) < 4.78 is 43.6. The predicted octanol–water partition coefficient (Wildman–Crippen LogP) is 2.46. The van der Waals surface area contributed by atoms with Crippen molar-refractivity contribution >= 4 is 11.8 Å². The van der Waals surface area contributed by atoms with E-state index in [-0.39, 0.29) is 11.5 Å². The predicted molar refractivity (Wildman–Crippen MR) is 69.7 cm³/mol. The van der Waals surface area contributed by atoms with Crippen LogP contribution in [-0.2, 0) is 4.74 Å². The maximum atomic E-state index is 12.6. The van der Waals surface area contributed by atoms with Gasteiger partial charge in [0.05, 0.1) is 12.0 Å². The van der Waals surface area contributed by atoms with Crippen LogP contribution in [0.3, 0.4) is 0 Å². The second-order valence-electron chi connectivity index (χ2n) is 5.49. The van der Waals surface area contributed by atoms with Crippen LogP contribution in [0.4, 0.5) is 13.2 Å². The zero-order chi connectivity index (χ0) is 13.9. The second kappa shape index (κ2) is 6.20. The standard InChI is InChI=1S/C12H21F3N2OS/c13-12(14,15)8-10(17-16)9-1-4-18-11(7-9)2-5-19-6-3-11/h9-10,17H,1-8,16H2. The largest absolute Gasteiger partial charge is 0.390 e. The molecule has 2 heterocycles. The van der Waals surface area contributed by atoms with Gasteiger partial charge in [-0.25, -0.2) is 0 Å². The first-order valence-corrected chi connectivity index (χ1v) is 7.84. The zero-order valence-corrected chi connectivity index (χ0v) is 11.7. The summed E-state index contributed by atoms with van der Waals surface area (Å²) in [6, 6.07) is -0.699. The number of hydrogen-bond donors (Lipinski definition) is 2. The highest BCUT2D eigenvalue weighted by atomic mass is 32.2. The number of ether oxygens (including phenoxy) is 1. The molecule has 2 aliphatic rings. The average molecular weight is 298 g/mol. The van der Waals surface area contributed by atoms with E-state index >= 15 is 0 Å². The topological polar surface area (TPSA) is 47.3 Å². The molecule has 0 aromatic rings. The van der Waals surface area contributed by atoms with E-state index in [1.54, 1.807) is 0 Å². The Morgan fingerprint density at radius 1 is 1.37 bits per heavy atom. The number of hydrogen-bond acceptors (Lipinski definition) is 4. The van der Waals surface area contributed by atoms with Crippen molar-refractivity contribution in [3.63, 3.8) is 0 Å². The molecule has 2 atom stereocenters. The highest BCUT2D eigenvalue weighted by molar-refractivity contribution is 7.99. The molecule has 0 aromatic heterocycles. The summed E-state index contributed by atoms with van der Waals surface area (Å²) in [5, 5.41) is 0. The zero-order valence-electron chi connectivity index (χ0n) is 10.8. The van der Waals surface area contributed by atoms with E-state index in [2.05, 4.69) is 5.43 Å². The van der Waals surface area contributed by atoms with Gasteiger partial charge < -0.3 is 4.74 Å². The molecule has 2 fully saturated rings. The minimum absolute atomic E-state index is 0.0523. The van der Waals surface area contributed by atoms with E-state index < -0.39 is 18.6 Å². The van der Waals surface area contributed by atoms with Gasteiger partial charge in [-0.2, -0.15) is 24.9 Å².